The van der Waals surface area contributed by atoms with Gasteiger partial charge in [-0.1, -0.05) is 5.21 Å². The topological polar surface area (TPSA) is 59.8 Å². The highest BCUT2D eigenvalue weighted by molar-refractivity contribution is 5.92. The molecule has 5 nitrogen and oxygen atoms in total. The Morgan fingerprint density at radius 2 is 2.23 bits per heavy atom. The van der Waals surface area contributed by atoms with Crippen molar-refractivity contribution < 1.29 is 4.79 Å². The molecule has 1 aromatic rings. The fourth-order valence-electron chi connectivity index (χ4n) is 1.48. The van der Waals surface area contributed by atoms with Gasteiger partial charge in [0.25, 0.3) is 0 Å². The first-order valence-electron chi connectivity index (χ1n) is 4.42. The van der Waals surface area contributed by atoms with Gasteiger partial charge in [0.15, 0.2) is 5.82 Å². The summed E-state index contributed by atoms with van der Waals surface area (Å²) in [5.41, 5.74) is 1.04. The molecule has 1 N–H and O–H groups in total. The minimum absolute atomic E-state index is 0.0308. The lowest BCUT2D eigenvalue weighted by molar-refractivity contribution is -0.116. The summed E-state index contributed by atoms with van der Waals surface area (Å²) in [5.74, 6) is 0.660. The van der Waals surface area contributed by atoms with E-state index in [2.05, 4.69) is 15.6 Å². The first kappa shape index (κ1) is 8.22. The van der Waals surface area contributed by atoms with Crippen LogP contribution in [-0.4, -0.2) is 20.9 Å². The minimum Gasteiger partial charge on any atom is -0.308 e. The van der Waals surface area contributed by atoms with Crippen LogP contribution in [0.1, 0.15) is 32.0 Å². The summed E-state index contributed by atoms with van der Waals surface area (Å²) in [7, 11) is 0. The SMILES string of the molecule is CC(C)n1nnc2c1CCC(=O)N2. The Morgan fingerprint density at radius 1 is 1.46 bits per heavy atom. The van der Waals surface area contributed by atoms with Crippen LogP contribution in [0.4, 0.5) is 5.82 Å². The molecule has 0 bridgehead atoms. The van der Waals surface area contributed by atoms with E-state index in [0.717, 1.165) is 12.1 Å². The van der Waals surface area contributed by atoms with Crippen molar-refractivity contribution in [3.63, 3.8) is 0 Å². The van der Waals surface area contributed by atoms with Crippen LogP contribution in [0.5, 0.6) is 0 Å². The monoisotopic (exact) mass is 180 g/mol. The summed E-state index contributed by atoms with van der Waals surface area (Å²) >= 11 is 0. The van der Waals surface area contributed by atoms with E-state index in [4.69, 9.17) is 0 Å². The van der Waals surface area contributed by atoms with Gasteiger partial charge in [-0.05, 0) is 13.8 Å². The molecule has 1 amide bonds. The van der Waals surface area contributed by atoms with Crippen molar-refractivity contribution in [3.05, 3.63) is 5.69 Å². The fraction of sp³-hybridized carbons (Fsp3) is 0.625. The first-order valence-corrected chi connectivity index (χ1v) is 4.42. The van der Waals surface area contributed by atoms with E-state index in [1.165, 1.54) is 0 Å². The standard InChI is InChI=1S/C8H12N4O/c1-5(2)12-6-3-4-7(13)9-8(6)10-11-12/h5H,3-4H2,1-2H3,(H,9,13). The molecule has 0 spiro atoms. The predicted molar refractivity (Wildman–Crippen MR) is 47.4 cm³/mol. The molecule has 0 saturated carbocycles. The van der Waals surface area contributed by atoms with Gasteiger partial charge in [-0.3, -0.25) is 4.79 Å². The second kappa shape index (κ2) is 2.83. The van der Waals surface area contributed by atoms with Crippen molar-refractivity contribution in [3.8, 4) is 0 Å². The molecule has 2 heterocycles. The Balaban J connectivity index is 2.38. The highest BCUT2D eigenvalue weighted by atomic mass is 16.1. The third kappa shape index (κ3) is 1.30. The number of hydrogen-bond donors (Lipinski definition) is 1. The van der Waals surface area contributed by atoms with Crippen molar-refractivity contribution >= 4 is 11.7 Å². The van der Waals surface area contributed by atoms with Gasteiger partial charge in [0.1, 0.15) is 0 Å². The molecule has 0 fully saturated rings. The van der Waals surface area contributed by atoms with Gasteiger partial charge in [0, 0.05) is 18.9 Å². The molecule has 70 valence electrons. The van der Waals surface area contributed by atoms with Crippen LogP contribution < -0.4 is 5.32 Å². The van der Waals surface area contributed by atoms with E-state index in [9.17, 15) is 4.79 Å². The average Bonchev–Trinajstić information content (AvgIpc) is 2.46. The molecule has 1 aromatic heterocycles. The zero-order chi connectivity index (χ0) is 9.42. The lowest BCUT2D eigenvalue weighted by Crippen LogP contribution is -2.21. The highest BCUT2D eigenvalue weighted by Gasteiger charge is 2.21. The summed E-state index contributed by atoms with van der Waals surface area (Å²) in [4.78, 5) is 11.0. The summed E-state index contributed by atoms with van der Waals surface area (Å²) in [6, 6.07) is 0.297. The van der Waals surface area contributed by atoms with Gasteiger partial charge in [-0.25, -0.2) is 4.68 Å². The van der Waals surface area contributed by atoms with Crippen LogP contribution in [0.15, 0.2) is 0 Å². The molecule has 0 aromatic carbocycles. The molecule has 0 unspecified atom stereocenters. The molecular weight excluding hydrogens is 168 g/mol. The van der Waals surface area contributed by atoms with E-state index in [1.807, 2.05) is 18.5 Å². The first-order chi connectivity index (χ1) is 6.18. The van der Waals surface area contributed by atoms with Crippen molar-refractivity contribution in [2.75, 3.05) is 5.32 Å². The van der Waals surface area contributed by atoms with Crippen molar-refractivity contribution in [1.82, 2.24) is 15.0 Å². The third-order valence-electron chi connectivity index (χ3n) is 2.13. The largest absolute Gasteiger partial charge is 0.308 e. The minimum atomic E-state index is 0.0308. The molecule has 0 atom stereocenters. The van der Waals surface area contributed by atoms with Crippen molar-refractivity contribution in [2.45, 2.75) is 32.7 Å². The number of nitrogens with zero attached hydrogens (tertiary/aromatic N) is 3. The van der Waals surface area contributed by atoms with Crippen LogP contribution in [-0.2, 0) is 11.2 Å². The van der Waals surface area contributed by atoms with E-state index in [-0.39, 0.29) is 5.91 Å². The average molecular weight is 180 g/mol. The molecule has 5 heteroatoms. The summed E-state index contributed by atoms with van der Waals surface area (Å²) in [5, 5.41) is 10.6. The zero-order valence-corrected chi connectivity index (χ0v) is 7.74. The van der Waals surface area contributed by atoms with E-state index < -0.39 is 0 Å². The number of nitrogens with one attached hydrogen (secondary N) is 1. The van der Waals surface area contributed by atoms with Crippen LogP contribution >= 0.6 is 0 Å². The molecular formula is C8H12N4O. The highest BCUT2D eigenvalue weighted by Crippen LogP contribution is 2.21. The number of rotatable bonds is 1. The number of anilines is 1. The molecule has 1 aliphatic heterocycles. The van der Waals surface area contributed by atoms with Gasteiger partial charge in [-0.15, -0.1) is 5.10 Å². The quantitative estimate of drug-likeness (QED) is 0.693. The van der Waals surface area contributed by atoms with Gasteiger partial charge in [0.05, 0.1) is 5.69 Å². The van der Waals surface area contributed by atoms with Crippen molar-refractivity contribution in [2.24, 2.45) is 0 Å². The smallest absolute Gasteiger partial charge is 0.226 e. The van der Waals surface area contributed by atoms with E-state index in [0.29, 0.717) is 18.3 Å². The summed E-state index contributed by atoms with van der Waals surface area (Å²) in [6.07, 6.45) is 1.28. The van der Waals surface area contributed by atoms with Gasteiger partial charge >= 0.3 is 0 Å². The van der Waals surface area contributed by atoms with E-state index >= 15 is 0 Å². The van der Waals surface area contributed by atoms with Crippen LogP contribution in [0.25, 0.3) is 0 Å². The third-order valence-corrected chi connectivity index (χ3v) is 2.13. The maximum absolute atomic E-state index is 11.0. The Kier molecular flexibility index (Phi) is 1.79. The normalized spacial score (nSPS) is 15.8. The molecule has 0 aliphatic carbocycles. The van der Waals surface area contributed by atoms with Gasteiger partial charge in [0.2, 0.25) is 5.91 Å². The molecule has 0 radical (unpaired) electrons. The molecule has 2 rings (SSSR count). The van der Waals surface area contributed by atoms with Crippen LogP contribution in [0.2, 0.25) is 0 Å². The Labute approximate surface area is 76.1 Å². The Morgan fingerprint density at radius 3 is 2.92 bits per heavy atom. The number of fused-ring (bicyclic) bond motifs is 1. The fourth-order valence-corrected chi connectivity index (χ4v) is 1.48. The molecule has 1 aliphatic rings. The number of carbonyl (C=O) groups is 1. The van der Waals surface area contributed by atoms with Crippen LogP contribution in [0.3, 0.4) is 0 Å². The second-order valence-electron chi connectivity index (χ2n) is 3.47. The molecule has 13 heavy (non-hydrogen) atoms. The Bertz CT molecular complexity index is 342. The van der Waals surface area contributed by atoms with Crippen molar-refractivity contribution in [1.29, 1.82) is 0 Å². The molecule has 0 saturated heterocycles. The number of carbonyl (C=O) groups excluding carboxylic acids is 1. The maximum Gasteiger partial charge on any atom is 0.226 e. The summed E-state index contributed by atoms with van der Waals surface area (Å²) < 4.78 is 1.86. The Hall–Kier alpha value is -1.39. The number of amides is 1. The predicted octanol–water partition coefficient (Wildman–Crippen LogP) is 0.744. The number of hydrogen-bond acceptors (Lipinski definition) is 3. The van der Waals surface area contributed by atoms with Gasteiger partial charge in [-0.2, -0.15) is 0 Å². The number of aromatic nitrogens is 3. The summed E-state index contributed by atoms with van der Waals surface area (Å²) in [6.45, 7) is 4.09. The lowest BCUT2D eigenvalue weighted by atomic mass is 10.1. The maximum atomic E-state index is 11.0. The van der Waals surface area contributed by atoms with Crippen LogP contribution in [0, 0.1) is 0 Å². The zero-order valence-electron chi connectivity index (χ0n) is 7.74. The second-order valence-corrected chi connectivity index (χ2v) is 3.47. The van der Waals surface area contributed by atoms with E-state index in [1.54, 1.807) is 0 Å². The lowest BCUT2D eigenvalue weighted by Gasteiger charge is -2.14. The van der Waals surface area contributed by atoms with Gasteiger partial charge < -0.3 is 5.32 Å².